The summed E-state index contributed by atoms with van der Waals surface area (Å²) in [7, 11) is 3.21. The fraction of sp³-hybridized carbons (Fsp3) is 0.286. The second kappa shape index (κ2) is 5.95. The van der Waals surface area contributed by atoms with Crippen molar-refractivity contribution in [2.75, 3.05) is 24.9 Å². The Balaban J connectivity index is 2.05. The minimum absolute atomic E-state index is 0.0600. The van der Waals surface area contributed by atoms with E-state index in [-0.39, 0.29) is 11.3 Å². The molecule has 2 heterocycles. The summed E-state index contributed by atoms with van der Waals surface area (Å²) in [5.74, 6) is 1.82. The number of hydrogen-bond donors (Lipinski definition) is 0. The van der Waals surface area contributed by atoms with Gasteiger partial charge in [0.2, 0.25) is 5.91 Å². The first-order valence-corrected chi connectivity index (χ1v) is 8.23. The first kappa shape index (κ1) is 14.2. The highest BCUT2D eigenvalue weighted by atomic mass is 32.2. The molecule has 21 heavy (non-hydrogen) atoms. The van der Waals surface area contributed by atoms with Gasteiger partial charge in [-0.15, -0.1) is 23.1 Å². The van der Waals surface area contributed by atoms with Crippen molar-refractivity contribution in [3.8, 4) is 11.5 Å². The Labute approximate surface area is 130 Å². The molecular formula is C14H14N2O3S2. The topological polar surface area (TPSA) is 51.7 Å². The van der Waals surface area contributed by atoms with E-state index in [0.717, 1.165) is 5.56 Å². The lowest BCUT2D eigenvalue weighted by atomic mass is 10.1. The maximum atomic E-state index is 12.2. The van der Waals surface area contributed by atoms with Gasteiger partial charge >= 0.3 is 0 Å². The minimum Gasteiger partial charge on any atom is -0.493 e. The number of ether oxygens (including phenoxy) is 2. The zero-order chi connectivity index (χ0) is 14.8. The molecule has 0 N–H and O–H groups in total. The van der Waals surface area contributed by atoms with Crippen LogP contribution in [0.15, 0.2) is 29.8 Å². The predicted octanol–water partition coefficient (Wildman–Crippen LogP) is 2.94. The van der Waals surface area contributed by atoms with Crippen molar-refractivity contribution >= 4 is 34.1 Å². The van der Waals surface area contributed by atoms with E-state index in [0.29, 0.717) is 22.4 Å². The molecule has 1 amide bonds. The number of carbonyl (C=O) groups is 1. The quantitative estimate of drug-likeness (QED) is 0.866. The Morgan fingerprint density at radius 3 is 2.86 bits per heavy atom. The number of hydrogen-bond acceptors (Lipinski definition) is 6. The smallest absolute Gasteiger partial charge is 0.240 e. The Bertz CT molecular complexity index is 646. The third-order valence-corrected chi connectivity index (χ3v) is 5.16. The number of aromatic nitrogens is 1. The van der Waals surface area contributed by atoms with Crippen molar-refractivity contribution in [2.24, 2.45) is 0 Å². The summed E-state index contributed by atoms with van der Waals surface area (Å²) in [5.41, 5.74) is 0.919. The molecule has 0 aliphatic carbocycles. The molecule has 2 aromatic rings. The zero-order valence-corrected chi connectivity index (χ0v) is 13.2. The highest BCUT2D eigenvalue weighted by Crippen LogP contribution is 2.47. The van der Waals surface area contributed by atoms with Crippen molar-refractivity contribution in [1.29, 1.82) is 0 Å². The van der Waals surface area contributed by atoms with Crippen molar-refractivity contribution in [2.45, 2.75) is 5.37 Å². The predicted molar refractivity (Wildman–Crippen MR) is 84.3 cm³/mol. The molecule has 5 nitrogen and oxygen atoms in total. The van der Waals surface area contributed by atoms with E-state index in [1.165, 1.54) is 11.3 Å². The number of thiazole rings is 1. The molecular weight excluding hydrogens is 308 g/mol. The lowest BCUT2D eigenvalue weighted by Crippen LogP contribution is -2.27. The molecule has 0 spiro atoms. The Morgan fingerprint density at radius 1 is 1.33 bits per heavy atom. The second-order valence-corrected chi connectivity index (χ2v) is 6.27. The van der Waals surface area contributed by atoms with Crippen LogP contribution >= 0.6 is 23.1 Å². The minimum atomic E-state index is -0.145. The van der Waals surface area contributed by atoms with Crippen LogP contribution in [0.5, 0.6) is 11.5 Å². The zero-order valence-electron chi connectivity index (χ0n) is 11.6. The molecule has 1 aromatic carbocycles. The third-order valence-electron chi connectivity index (χ3n) is 3.19. The van der Waals surface area contributed by atoms with Crippen LogP contribution in [0.25, 0.3) is 0 Å². The molecule has 1 aliphatic rings. The lowest BCUT2D eigenvalue weighted by Gasteiger charge is -2.23. The fourth-order valence-corrected chi connectivity index (χ4v) is 4.23. The summed E-state index contributed by atoms with van der Waals surface area (Å²) < 4.78 is 10.8. The van der Waals surface area contributed by atoms with Gasteiger partial charge in [0.15, 0.2) is 16.6 Å². The molecule has 1 aliphatic heterocycles. The van der Waals surface area contributed by atoms with Gasteiger partial charge in [-0.1, -0.05) is 12.1 Å². The van der Waals surface area contributed by atoms with E-state index >= 15 is 0 Å². The normalized spacial score (nSPS) is 18.1. The number of rotatable bonds is 4. The summed E-state index contributed by atoms with van der Waals surface area (Å²) in [4.78, 5) is 18.2. The van der Waals surface area contributed by atoms with Crippen LogP contribution in [0, 0.1) is 0 Å². The Morgan fingerprint density at radius 2 is 2.19 bits per heavy atom. The number of para-hydroxylation sites is 1. The van der Waals surface area contributed by atoms with Gasteiger partial charge < -0.3 is 9.47 Å². The monoisotopic (exact) mass is 322 g/mol. The van der Waals surface area contributed by atoms with Crippen LogP contribution in [0.1, 0.15) is 10.9 Å². The van der Waals surface area contributed by atoms with Crippen LogP contribution < -0.4 is 14.4 Å². The first-order valence-electron chi connectivity index (χ1n) is 6.30. The SMILES string of the molecule is COc1cccc([C@H]2SCC(=O)N2c2nccs2)c1OC. The van der Waals surface area contributed by atoms with Gasteiger partial charge in [0, 0.05) is 17.1 Å². The summed E-state index contributed by atoms with van der Waals surface area (Å²) in [6, 6.07) is 5.70. The van der Waals surface area contributed by atoms with E-state index in [1.807, 2.05) is 23.6 Å². The highest BCUT2D eigenvalue weighted by Gasteiger charge is 2.37. The molecule has 7 heteroatoms. The number of nitrogens with zero attached hydrogens (tertiary/aromatic N) is 2. The molecule has 0 radical (unpaired) electrons. The Hall–Kier alpha value is -1.73. The first-order chi connectivity index (χ1) is 10.3. The summed E-state index contributed by atoms with van der Waals surface area (Å²) >= 11 is 3.02. The van der Waals surface area contributed by atoms with Gasteiger partial charge in [0.1, 0.15) is 5.37 Å². The summed E-state index contributed by atoms with van der Waals surface area (Å²) in [6.07, 6.45) is 1.70. The standard InChI is InChI=1S/C14H14N2O3S2/c1-18-10-5-3-4-9(12(10)19-2)13-16(11(17)8-21-13)14-15-6-7-20-14/h3-7,13H,8H2,1-2H3/t13-/m1/s1. The Kier molecular flexibility index (Phi) is 4.03. The van der Waals surface area contributed by atoms with E-state index in [9.17, 15) is 4.79 Å². The average Bonchev–Trinajstić information content (AvgIpc) is 3.15. The van der Waals surface area contributed by atoms with Crippen LogP contribution in [-0.4, -0.2) is 30.9 Å². The number of amides is 1. The van der Waals surface area contributed by atoms with E-state index in [4.69, 9.17) is 9.47 Å². The number of anilines is 1. The third kappa shape index (κ3) is 2.47. The van der Waals surface area contributed by atoms with Gasteiger partial charge in [-0.05, 0) is 6.07 Å². The molecule has 0 bridgehead atoms. The molecule has 0 unspecified atom stereocenters. The molecule has 1 fully saturated rings. The van der Waals surface area contributed by atoms with E-state index < -0.39 is 0 Å². The van der Waals surface area contributed by atoms with Crippen LogP contribution in [0.3, 0.4) is 0 Å². The van der Waals surface area contributed by atoms with E-state index in [1.54, 1.807) is 37.1 Å². The molecule has 1 saturated heterocycles. The molecule has 1 atom stereocenters. The summed E-state index contributed by atoms with van der Waals surface area (Å²) in [6.45, 7) is 0. The van der Waals surface area contributed by atoms with Gasteiger partial charge in [-0.25, -0.2) is 4.98 Å². The van der Waals surface area contributed by atoms with Crippen LogP contribution in [0.2, 0.25) is 0 Å². The number of carbonyl (C=O) groups excluding carboxylic acids is 1. The fourth-order valence-electron chi connectivity index (χ4n) is 2.30. The lowest BCUT2D eigenvalue weighted by molar-refractivity contribution is -0.115. The largest absolute Gasteiger partial charge is 0.493 e. The number of thioether (sulfide) groups is 1. The number of methoxy groups -OCH3 is 2. The van der Waals surface area contributed by atoms with Gasteiger partial charge in [-0.3, -0.25) is 9.69 Å². The van der Waals surface area contributed by atoms with Crippen molar-refractivity contribution in [1.82, 2.24) is 4.98 Å². The van der Waals surface area contributed by atoms with Crippen molar-refractivity contribution < 1.29 is 14.3 Å². The summed E-state index contributed by atoms with van der Waals surface area (Å²) in [5, 5.41) is 2.43. The molecule has 0 saturated carbocycles. The average molecular weight is 322 g/mol. The van der Waals surface area contributed by atoms with Crippen molar-refractivity contribution in [3.63, 3.8) is 0 Å². The van der Waals surface area contributed by atoms with Crippen LogP contribution in [-0.2, 0) is 4.79 Å². The van der Waals surface area contributed by atoms with Crippen molar-refractivity contribution in [3.05, 3.63) is 35.3 Å². The van der Waals surface area contributed by atoms with Crippen LogP contribution in [0.4, 0.5) is 5.13 Å². The molecule has 110 valence electrons. The van der Waals surface area contributed by atoms with E-state index in [2.05, 4.69) is 4.98 Å². The van der Waals surface area contributed by atoms with Gasteiger partial charge in [0.25, 0.3) is 0 Å². The molecule has 3 rings (SSSR count). The van der Waals surface area contributed by atoms with Gasteiger partial charge in [0.05, 0.1) is 20.0 Å². The number of benzene rings is 1. The second-order valence-electron chi connectivity index (χ2n) is 4.32. The van der Waals surface area contributed by atoms with Gasteiger partial charge in [-0.2, -0.15) is 0 Å². The molecule has 1 aromatic heterocycles. The maximum Gasteiger partial charge on any atom is 0.240 e. The maximum absolute atomic E-state index is 12.2. The highest BCUT2D eigenvalue weighted by molar-refractivity contribution is 8.00.